The topological polar surface area (TPSA) is 125 Å². The Hall–Kier alpha value is -5.35. The zero-order valence-corrected chi connectivity index (χ0v) is 31.0. The van der Waals surface area contributed by atoms with Gasteiger partial charge in [-0.1, -0.05) is 66.7 Å². The maximum absolute atomic E-state index is 14.1. The van der Waals surface area contributed by atoms with Gasteiger partial charge in [-0.3, -0.25) is 9.59 Å². The van der Waals surface area contributed by atoms with Gasteiger partial charge in [0.05, 0.1) is 6.61 Å². The fourth-order valence-electron chi connectivity index (χ4n) is 5.82. The lowest BCUT2D eigenvalue weighted by Gasteiger charge is -2.28. The van der Waals surface area contributed by atoms with Gasteiger partial charge in [0.25, 0.3) is 5.91 Å². The van der Waals surface area contributed by atoms with Crippen LogP contribution in [0.1, 0.15) is 69.2 Å². The number of benzene rings is 4. The summed E-state index contributed by atoms with van der Waals surface area (Å²) in [6.07, 6.45) is 0.477. The van der Waals surface area contributed by atoms with Gasteiger partial charge >= 0.3 is 5.97 Å². The molecule has 2 N–H and O–H groups in total. The average Bonchev–Trinajstić information content (AvgIpc) is 3.50. The van der Waals surface area contributed by atoms with Crippen LogP contribution in [0.5, 0.6) is 17.2 Å². The second-order valence-electron chi connectivity index (χ2n) is 14.0. The Morgan fingerprint density at radius 1 is 0.830 bits per heavy atom. The number of esters is 1. The third-order valence-electron chi connectivity index (χ3n) is 8.64. The summed E-state index contributed by atoms with van der Waals surface area (Å²) in [6.45, 7) is 8.75. The second-order valence-corrected chi connectivity index (χ2v) is 14.0. The molecule has 0 radical (unpaired) electrons. The number of ether oxygens (including phenoxy) is 5. The summed E-state index contributed by atoms with van der Waals surface area (Å²) in [5.41, 5.74) is 1.68. The molecule has 10 heteroatoms. The quantitative estimate of drug-likeness (QED) is 0.0832. The van der Waals surface area contributed by atoms with Gasteiger partial charge in [0, 0.05) is 31.6 Å². The van der Waals surface area contributed by atoms with Crippen molar-refractivity contribution in [2.45, 2.75) is 83.8 Å². The van der Waals surface area contributed by atoms with Crippen LogP contribution in [0.25, 0.3) is 0 Å². The summed E-state index contributed by atoms with van der Waals surface area (Å²) < 4.78 is 29.9. The van der Waals surface area contributed by atoms with Crippen molar-refractivity contribution >= 4 is 17.8 Å². The zero-order chi connectivity index (χ0) is 37.7. The third kappa shape index (κ3) is 11.3. The summed E-state index contributed by atoms with van der Waals surface area (Å²) in [5, 5.41) is 12.1. The van der Waals surface area contributed by atoms with E-state index in [-0.39, 0.29) is 25.4 Å². The van der Waals surface area contributed by atoms with Gasteiger partial charge in [-0.05, 0) is 93.6 Å². The first-order valence-electron chi connectivity index (χ1n) is 18.1. The smallest absolute Gasteiger partial charge is 0.306 e. The van der Waals surface area contributed by atoms with E-state index in [4.69, 9.17) is 33.8 Å². The molecule has 53 heavy (non-hydrogen) atoms. The lowest BCUT2D eigenvalue weighted by molar-refractivity contribution is -0.155. The number of aliphatic hydroxyl groups is 1. The molecule has 0 saturated heterocycles. The summed E-state index contributed by atoms with van der Waals surface area (Å²) in [6, 6.07) is 32.9. The molecule has 1 aliphatic rings. The van der Waals surface area contributed by atoms with Crippen LogP contribution >= 0.6 is 0 Å². The highest BCUT2D eigenvalue weighted by atomic mass is 16.6. The second kappa shape index (κ2) is 18.4. The summed E-state index contributed by atoms with van der Waals surface area (Å²) in [5.74, 6) is 1.44. The number of aliphatic hydroxyl groups excluding tert-OH is 1. The van der Waals surface area contributed by atoms with Crippen molar-refractivity contribution in [2.24, 2.45) is 4.99 Å². The van der Waals surface area contributed by atoms with Gasteiger partial charge < -0.3 is 34.1 Å². The van der Waals surface area contributed by atoms with Crippen LogP contribution in [-0.4, -0.2) is 59.9 Å². The van der Waals surface area contributed by atoms with Gasteiger partial charge in [0.1, 0.15) is 30.7 Å². The van der Waals surface area contributed by atoms with Gasteiger partial charge in [0.15, 0.2) is 17.0 Å². The Balaban J connectivity index is 1.30. The molecule has 1 heterocycles. The number of carbonyl (C=O) groups is 2. The molecule has 0 saturated carbocycles. The Bertz CT molecular complexity index is 1810. The molecular weight excluding hydrogens is 672 g/mol. The lowest BCUT2D eigenvalue weighted by Crippen LogP contribution is -2.51. The number of amides is 1. The van der Waals surface area contributed by atoms with Crippen LogP contribution in [0.2, 0.25) is 0 Å². The molecule has 0 aliphatic carbocycles. The van der Waals surface area contributed by atoms with E-state index in [1.165, 1.54) is 0 Å². The van der Waals surface area contributed by atoms with Crippen LogP contribution in [0, 0.1) is 0 Å². The number of rotatable bonds is 18. The molecule has 1 amide bonds. The van der Waals surface area contributed by atoms with E-state index < -0.39 is 23.2 Å². The SMILES string of the molecule is C[C@H]1OC(c2ccc(OCCCO)cc2)=N[C@@]1(CCC(=O)OC(C)(C)C)C(=O)NCCc1ccc(OCc2ccccc2)c(OCc2ccccc2)c1. The minimum absolute atomic E-state index is 0.0145. The average molecular weight is 723 g/mol. The van der Waals surface area contributed by atoms with Crippen molar-refractivity contribution in [3.05, 3.63) is 125 Å². The Morgan fingerprint density at radius 2 is 1.47 bits per heavy atom. The standard InChI is InChI=1S/C43H50N2O8/c1-31-43(24-22-39(47)53-42(2,3)4,45-40(52-31)35-17-19-36(20-18-35)49-27-11-26-46)41(48)44-25-23-32-16-21-37(50-29-33-12-7-5-8-13-33)38(28-32)51-30-34-14-9-6-10-15-34/h5-10,12-21,28,31,46H,11,22-27,29-30H2,1-4H3,(H,44,48)/t31-,43-/m1/s1. The Kier molecular flexibility index (Phi) is 13.5. The number of nitrogens with zero attached hydrogens (tertiary/aromatic N) is 1. The van der Waals surface area contributed by atoms with Crippen molar-refractivity contribution in [1.82, 2.24) is 5.32 Å². The summed E-state index contributed by atoms with van der Waals surface area (Å²) in [4.78, 5) is 31.8. The molecule has 1 aliphatic heterocycles. The molecule has 0 unspecified atom stereocenters. The predicted molar refractivity (Wildman–Crippen MR) is 203 cm³/mol. The Morgan fingerprint density at radius 3 is 2.09 bits per heavy atom. The van der Waals surface area contributed by atoms with Crippen molar-refractivity contribution in [3.63, 3.8) is 0 Å². The molecule has 0 bridgehead atoms. The van der Waals surface area contributed by atoms with Crippen LogP contribution in [0.3, 0.4) is 0 Å². The number of aliphatic imine (C=N–C) groups is 1. The number of carbonyl (C=O) groups excluding carboxylic acids is 2. The zero-order valence-electron chi connectivity index (χ0n) is 31.0. The van der Waals surface area contributed by atoms with E-state index in [0.717, 1.165) is 16.7 Å². The number of hydrogen-bond donors (Lipinski definition) is 2. The van der Waals surface area contributed by atoms with Gasteiger partial charge in [0.2, 0.25) is 5.90 Å². The van der Waals surface area contributed by atoms with Crippen LogP contribution in [0.15, 0.2) is 108 Å². The first-order valence-corrected chi connectivity index (χ1v) is 18.1. The van der Waals surface area contributed by atoms with Crippen molar-refractivity contribution in [3.8, 4) is 17.2 Å². The fraction of sp³-hybridized carbons (Fsp3) is 0.372. The molecule has 5 rings (SSSR count). The van der Waals surface area contributed by atoms with Crippen molar-refractivity contribution < 1.29 is 38.4 Å². The third-order valence-corrected chi connectivity index (χ3v) is 8.64. The first kappa shape index (κ1) is 38.9. The minimum atomic E-state index is -1.36. The number of hydrogen-bond acceptors (Lipinski definition) is 9. The molecule has 10 nitrogen and oxygen atoms in total. The van der Waals surface area contributed by atoms with Crippen LogP contribution < -0.4 is 19.5 Å². The van der Waals surface area contributed by atoms with Gasteiger partial charge in [-0.2, -0.15) is 0 Å². The van der Waals surface area contributed by atoms with Crippen LogP contribution in [0.4, 0.5) is 0 Å². The first-order chi connectivity index (χ1) is 25.5. The molecule has 280 valence electrons. The van der Waals surface area contributed by atoms with E-state index in [2.05, 4.69) is 5.32 Å². The van der Waals surface area contributed by atoms with Gasteiger partial charge in [-0.25, -0.2) is 4.99 Å². The molecule has 4 aromatic rings. The summed E-state index contributed by atoms with van der Waals surface area (Å²) >= 11 is 0. The van der Waals surface area contributed by atoms with E-state index in [1.54, 1.807) is 19.1 Å². The predicted octanol–water partition coefficient (Wildman–Crippen LogP) is 6.99. The van der Waals surface area contributed by atoms with E-state index >= 15 is 0 Å². The van der Waals surface area contributed by atoms with Crippen molar-refractivity contribution in [2.75, 3.05) is 19.8 Å². The maximum atomic E-state index is 14.1. The minimum Gasteiger partial charge on any atom is -0.494 e. The molecule has 0 fully saturated rings. The normalized spacial score (nSPS) is 16.6. The molecule has 0 spiro atoms. The maximum Gasteiger partial charge on any atom is 0.306 e. The molecule has 2 atom stereocenters. The highest BCUT2D eigenvalue weighted by Gasteiger charge is 2.50. The van der Waals surface area contributed by atoms with E-state index in [9.17, 15) is 9.59 Å². The Labute approximate surface area is 312 Å². The molecule has 4 aromatic carbocycles. The highest BCUT2D eigenvalue weighted by Crippen LogP contribution is 2.34. The highest BCUT2D eigenvalue weighted by molar-refractivity contribution is 6.01. The molecular formula is C43H50N2O8. The van der Waals surface area contributed by atoms with Gasteiger partial charge in [-0.15, -0.1) is 0 Å². The lowest BCUT2D eigenvalue weighted by atomic mass is 9.87. The van der Waals surface area contributed by atoms with Crippen LogP contribution in [-0.2, 0) is 38.7 Å². The van der Waals surface area contributed by atoms with E-state index in [0.29, 0.717) is 67.9 Å². The number of nitrogens with one attached hydrogen (secondary N) is 1. The molecule has 0 aromatic heterocycles. The van der Waals surface area contributed by atoms with E-state index in [1.807, 2.05) is 112 Å². The monoisotopic (exact) mass is 722 g/mol. The fourth-order valence-corrected chi connectivity index (χ4v) is 5.82. The van der Waals surface area contributed by atoms with Crippen molar-refractivity contribution in [1.29, 1.82) is 0 Å². The largest absolute Gasteiger partial charge is 0.494 e. The summed E-state index contributed by atoms with van der Waals surface area (Å²) in [7, 11) is 0.